The highest BCUT2D eigenvalue weighted by Gasteiger charge is 2.23. The van der Waals surface area contributed by atoms with E-state index < -0.39 is 11.6 Å². The van der Waals surface area contributed by atoms with Gasteiger partial charge in [-0.1, -0.05) is 42.5 Å². The molecule has 3 aromatic rings. The van der Waals surface area contributed by atoms with Gasteiger partial charge in [0.15, 0.2) is 0 Å². The molecule has 1 aliphatic rings. The number of likely N-dealkylation sites (tertiary alicyclic amines) is 1. The Kier molecular flexibility index (Phi) is 7.98. The lowest BCUT2D eigenvalue weighted by atomic mass is 10.0. The fourth-order valence-corrected chi connectivity index (χ4v) is 4.37. The molecule has 4 rings (SSSR count). The zero-order valence-electron chi connectivity index (χ0n) is 22.3. The molecule has 0 aliphatic carbocycles. The molecule has 1 aliphatic heterocycles. The van der Waals surface area contributed by atoms with Gasteiger partial charge in [0.05, 0.1) is 11.3 Å². The lowest BCUT2D eigenvalue weighted by molar-refractivity contribution is 0.00707. The zero-order valence-corrected chi connectivity index (χ0v) is 22.3. The van der Waals surface area contributed by atoms with Gasteiger partial charge in [-0.15, -0.1) is 0 Å². The van der Waals surface area contributed by atoms with E-state index in [0.29, 0.717) is 22.6 Å². The maximum Gasteiger partial charge on any atom is 0.340 e. The van der Waals surface area contributed by atoms with Crippen molar-refractivity contribution in [3.63, 3.8) is 0 Å². The first-order valence-electron chi connectivity index (χ1n) is 12.8. The minimum atomic E-state index is -0.660. The minimum Gasteiger partial charge on any atom is -0.490 e. The first-order valence-corrected chi connectivity index (χ1v) is 12.8. The number of hydrogen-bond acceptors (Lipinski definition) is 5. The van der Waals surface area contributed by atoms with Gasteiger partial charge in [-0.05, 0) is 88.5 Å². The number of anilines is 1. The summed E-state index contributed by atoms with van der Waals surface area (Å²) in [6.07, 6.45) is 2.05. The van der Waals surface area contributed by atoms with Crippen LogP contribution in [0.1, 0.15) is 59.9 Å². The van der Waals surface area contributed by atoms with Crippen LogP contribution in [0.5, 0.6) is 5.75 Å². The van der Waals surface area contributed by atoms with Crippen molar-refractivity contribution in [1.82, 2.24) is 4.90 Å². The molecule has 0 radical (unpaired) electrons. The Labute approximate surface area is 219 Å². The molecule has 6 heteroatoms. The van der Waals surface area contributed by atoms with Gasteiger partial charge in [-0.3, -0.25) is 4.79 Å². The van der Waals surface area contributed by atoms with Gasteiger partial charge in [0, 0.05) is 18.7 Å². The van der Waals surface area contributed by atoms with Crippen molar-refractivity contribution in [3.8, 4) is 16.9 Å². The topological polar surface area (TPSA) is 67.9 Å². The Balaban J connectivity index is 1.62. The van der Waals surface area contributed by atoms with Crippen LogP contribution in [0.15, 0.2) is 66.7 Å². The third-order valence-corrected chi connectivity index (χ3v) is 6.42. The summed E-state index contributed by atoms with van der Waals surface area (Å²) in [5.74, 6) is -0.115. The number of piperidine rings is 1. The Hall–Kier alpha value is -3.64. The van der Waals surface area contributed by atoms with Crippen molar-refractivity contribution >= 4 is 17.6 Å². The molecule has 194 valence electrons. The number of hydrogen-bond donors (Lipinski definition) is 1. The largest absolute Gasteiger partial charge is 0.490 e. The summed E-state index contributed by atoms with van der Waals surface area (Å²) in [5, 5.41) is 2.98. The van der Waals surface area contributed by atoms with Crippen molar-refractivity contribution in [2.75, 3.05) is 25.5 Å². The van der Waals surface area contributed by atoms with Crippen molar-refractivity contribution < 1.29 is 19.1 Å². The number of carbonyl (C=O) groups excluding carboxylic acids is 2. The normalized spacial score (nSPS) is 14.7. The molecule has 0 aromatic heterocycles. The molecule has 1 fully saturated rings. The van der Waals surface area contributed by atoms with Crippen molar-refractivity contribution in [1.29, 1.82) is 0 Å². The summed E-state index contributed by atoms with van der Waals surface area (Å²) in [5.41, 5.74) is 3.25. The second kappa shape index (κ2) is 11.2. The van der Waals surface area contributed by atoms with E-state index in [4.69, 9.17) is 9.47 Å². The summed E-state index contributed by atoms with van der Waals surface area (Å²) in [7, 11) is 2.11. The summed E-state index contributed by atoms with van der Waals surface area (Å²) < 4.78 is 11.8. The molecule has 37 heavy (non-hydrogen) atoms. The number of carbonyl (C=O) groups is 2. The molecule has 1 N–H and O–H groups in total. The standard InChI is InChI=1S/C31H36N2O4/c1-21-11-13-25(36-24-15-17-33(5)18-16-24)20-27(21)29(34)32-28-19-23(22-9-7-6-8-10-22)12-14-26(28)30(35)37-31(2,3)4/h6-14,19-20,24H,15-18H2,1-5H3,(H,32,34). The number of aryl methyl sites for hydroxylation is 1. The second-order valence-corrected chi connectivity index (χ2v) is 10.7. The van der Waals surface area contributed by atoms with Gasteiger partial charge in [0.2, 0.25) is 0 Å². The van der Waals surface area contributed by atoms with Gasteiger partial charge in [-0.2, -0.15) is 0 Å². The highest BCUT2D eigenvalue weighted by Crippen LogP contribution is 2.29. The third-order valence-electron chi connectivity index (χ3n) is 6.42. The SMILES string of the molecule is Cc1ccc(OC2CCN(C)CC2)cc1C(=O)Nc1cc(-c2ccccc2)ccc1C(=O)OC(C)(C)C. The van der Waals surface area contributed by atoms with Crippen LogP contribution in [-0.4, -0.2) is 48.6 Å². The summed E-state index contributed by atoms with van der Waals surface area (Å²) in [4.78, 5) is 28.8. The number of ether oxygens (including phenoxy) is 2. The fraction of sp³-hybridized carbons (Fsp3) is 0.355. The van der Waals surface area contributed by atoms with Crippen LogP contribution < -0.4 is 10.1 Å². The Morgan fingerprint density at radius 3 is 2.27 bits per heavy atom. The first kappa shape index (κ1) is 26.4. The van der Waals surface area contributed by atoms with Crippen LogP contribution in [-0.2, 0) is 4.74 Å². The molecule has 1 amide bonds. The molecule has 1 saturated heterocycles. The van der Waals surface area contributed by atoms with Gasteiger partial charge in [0.25, 0.3) is 5.91 Å². The van der Waals surface area contributed by atoms with Crippen molar-refractivity contribution in [3.05, 3.63) is 83.4 Å². The molecule has 0 saturated carbocycles. The van der Waals surface area contributed by atoms with Gasteiger partial charge in [0.1, 0.15) is 17.5 Å². The molecular weight excluding hydrogens is 464 g/mol. The molecule has 0 atom stereocenters. The second-order valence-electron chi connectivity index (χ2n) is 10.7. The molecule has 0 spiro atoms. The van der Waals surface area contributed by atoms with E-state index in [1.54, 1.807) is 12.1 Å². The summed E-state index contributed by atoms with van der Waals surface area (Å²) >= 11 is 0. The molecule has 6 nitrogen and oxygen atoms in total. The number of amides is 1. The van der Waals surface area contributed by atoms with E-state index in [1.807, 2.05) is 82.3 Å². The van der Waals surface area contributed by atoms with Crippen LogP contribution in [0.4, 0.5) is 5.69 Å². The average Bonchev–Trinajstić information content (AvgIpc) is 2.86. The molecule has 3 aromatic carbocycles. The maximum absolute atomic E-state index is 13.5. The number of nitrogens with one attached hydrogen (secondary N) is 1. The maximum atomic E-state index is 13.5. The summed E-state index contributed by atoms with van der Waals surface area (Å²) in [6, 6.07) is 20.8. The highest BCUT2D eigenvalue weighted by molar-refractivity contribution is 6.09. The fourth-order valence-electron chi connectivity index (χ4n) is 4.37. The number of esters is 1. The lowest BCUT2D eigenvalue weighted by Gasteiger charge is -2.29. The van der Waals surface area contributed by atoms with Crippen LogP contribution in [0.3, 0.4) is 0 Å². The van der Waals surface area contributed by atoms with Crippen LogP contribution >= 0.6 is 0 Å². The number of rotatable bonds is 6. The van der Waals surface area contributed by atoms with Crippen LogP contribution in [0.2, 0.25) is 0 Å². The third kappa shape index (κ3) is 6.98. The van der Waals surface area contributed by atoms with Crippen molar-refractivity contribution in [2.24, 2.45) is 0 Å². The van der Waals surface area contributed by atoms with E-state index in [0.717, 1.165) is 42.6 Å². The molecule has 0 bridgehead atoms. The lowest BCUT2D eigenvalue weighted by Crippen LogP contribution is -2.35. The molecular formula is C31H36N2O4. The predicted octanol–water partition coefficient (Wildman–Crippen LogP) is 6.34. The van der Waals surface area contributed by atoms with Gasteiger partial charge >= 0.3 is 5.97 Å². The quantitative estimate of drug-likeness (QED) is 0.400. The predicted molar refractivity (Wildman–Crippen MR) is 147 cm³/mol. The van der Waals surface area contributed by atoms with Crippen LogP contribution in [0, 0.1) is 6.92 Å². The number of benzene rings is 3. The zero-order chi connectivity index (χ0) is 26.6. The highest BCUT2D eigenvalue weighted by atomic mass is 16.6. The average molecular weight is 501 g/mol. The van der Waals surface area contributed by atoms with Crippen molar-refractivity contribution in [2.45, 2.75) is 52.2 Å². The summed E-state index contributed by atoms with van der Waals surface area (Å²) in [6.45, 7) is 9.34. The monoisotopic (exact) mass is 500 g/mol. The van der Waals surface area contributed by atoms with E-state index in [9.17, 15) is 9.59 Å². The number of nitrogens with zero attached hydrogens (tertiary/aromatic N) is 1. The van der Waals surface area contributed by atoms with E-state index in [-0.39, 0.29) is 12.0 Å². The Morgan fingerprint density at radius 1 is 0.892 bits per heavy atom. The smallest absolute Gasteiger partial charge is 0.340 e. The van der Waals surface area contributed by atoms with E-state index in [2.05, 4.69) is 17.3 Å². The Morgan fingerprint density at radius 2 is 1.59 bits per heavy atom. The van der Waals surface area contributed by atoms with E-state index >= 15 is 0 Å². The van der Waals surface area contributed by atoms with Gasteiger partial charge < -0.3 is 19.7 Å². The minimum absolute atomic E-state index is 0.135. The van der Waals surface area contributed by atoms with Crippen LogP contribution in [0.25, 0.3) is 11.1 Å². The van der Waals surface area contributed by atoms with E-state index in [1.165, 1.54) is 0 Å². The van der Waals surface area contributed by atoms with Gasteiger partial charge in [-0.25, -0.2) is 4.79 Å². The molecule has 0 unspecified atom stereocenters. The molecule has 1 heterocycles. The Bertz CT molecular complexity index is 1260. The first-order chi connectivity index (χ1) is 17.6.